The van der Waals surface area contributed by atoms with Gasteiger partial charge in [0.25, 0.3) is 0 Å². The number of carbonyl (C=O) groups is 1. The number of hydrogen-bond donors (Lipinski definition) is 0. The zero-order valence-electron chi connectivity index (χ0n) is 11.0. The summed E-state index contributed by atoms with van der Waals surface area (Å²) in [5, 5.41) is 8.84. The minimum absolute atomic E-state index is 0.0657. The van der Waals surface area contributed by atoms with Crippen LogP contribution in [0.1, 0.15) is 30.9 Å². The third kappa shape index (κ3) is 3.18. The van der Waals surface area contributed by atoms with Gasteiger partial charge >= 0.3 is 0 Å². The Hall–Kier alpha value is -1.73. The average Bonchev–Trinajstić information content (AvgIpc) is 2.43. The second kappa shape index (κ2) is 5.94. The van der Waals surface area contributed by atoms with Crippen LogP contribution in [-0.2, 0) is 11.3 Å². The monoisotopic (exact) mass is 260 g/mol. The molecule has 1 saturated heterocycles. The number of carbonyl (C=O) groups excluding carboxylic acids is 1. The number of nitrogens with zero attached hydrogens (tertiary/aromatic N) is 2. The summed E-state index contributed by atoms with van der Waals surface area (Å²) in [6.45, 7) is 3.82. The van der Waals surface area contributed by atoms with Crippen LogP contribution in [0.3, 0.4) is 0 Å². The molecule has 1 aromatic carbocycles. The SMILES string of the molecule is CCC1CN(Cc2cc(C#N)ccc2F)CCC1=O. The number of benzene rings is 1. The van der Waals surface area contributed by atoms with E-state index in [-0.39, 0.29) is 11.7 Å². The van der Waals surface area contributed by atoms with Gasteiger partial charge in [0, 0.05) is 37.5 Å². The van der Waals surface area contributed by atoms with Crippen molar-refractivity contribution in [3.8, 4) is 6.07 Å². The summed E-state index contributed by atoms with van der Waals surface area (Å²) in [7, 11) is 0. The molecular formula is C15H17FN2O. The van der Waals surface area contributed by atoms with E-state index in [0.29, 0.717) is 43.0 Å². The summed E-state index contributed by atoms with van der Waals surface area (Å²) >= 11 is 0. The van der Waals surface area contributed by atoms with Gasteiger partial charge in [0.05, 0.1) is 11.6 Å². The fourth-order valence-corrected chi connectivity index (χ4v) is 2.48. The van der Waals surface area contributed by atoms with Gasteiger partial charge in [-0.1, -0.05) is 6.92 Å². The van der Waals surface area contributed by atoms with Gasteiger partial charge in [-0.25, -0.2) is 4.39 Å². The Balaban J connectivity index is 2.09. The molecule has 19 heavy (non-hydrogen) atoms. The molecule has 1 aliphatic heterocycles. The third-order valence-corrected chi connectivity index (χ3v) is 3.67. The Morgan fingerprint density at radius 1 is 1.53 bits per heavy atom. The molecule has 4 heteroatoms. The Kier molecular flexibility index (Phi) is 4.28. The van der Waals surface area contributed by atoms with Crippen LogP contribution in [0.4, 0.5) is 4.39 Å². The van der Waals surface area contributed by atoms with Crippen molar-refractivity contribution in [1.82, 2.24) is 4.90 Å². The van der Waals surface area contributed by atoms with Crippen LogP contribution < -0.4 is 0 Å². The Bertz CT molecular complexity index is 521. The molecule has 1 unspecified atom stereocenters. The van der Waals surface area contributed by atoms with Crippen molar-refractivity contribution < 1.29 is 9.18 Å². The van der Waals surface area contributed by atoms with Crippen LogP contribution in [0.5, 0.6) is 0 Å². The number of piperidine rings is 1. The zero-order chi connectivity index (χ0) is 13.8. The molecule has 3 nitrogen and oxygen atoms in total. The number of ketones is 1. The first kappa shape index (κ1) is 13.7. The summed E-state index contributed by atoms with van der Waals surface area (Å²) in [6, 6.07) is 6.42. The molecule has 0 amide bonds. The van der Waals surface area contributed by atoms with E-state index in [2.05, 4.69) is 4.90 Å². The van der Waals surface area contributed by atoms with Crippen LogP contribution in [0, 0.1) is 23.1 Å². The van der Waals surface area contributed by atoms with Crippen molar-refractivity contribution in [1.29, 1.82) is 5.26 Å². The zero-order valence-corrected chi connectivity index (χ0v) is 11.0. The van der Waals surface area contributed by atoms with E-state index in [1.165, 1.54) is 12.1 Å². The number of rotatable bonds is 3. The molecule has 1 fully saturated rings. The van der Waals surface area contributed by atoms with Gasteiger partial charge in [0.15, 0.2) is 0 Å². The maximum Gasteiger partial charge on any atom is 0.138 e. The molecule has 1 heterocycles. The molecule has 0 radical (unpaired) electrons. The number of likely N-dealkylation sites (tertiary alicyclic amines) is 1. The van der Waals surface area contributed by atoms with Crippen LogP contribution in [0.25, 0.3) is 0 Å². The van der Waals surface area contributed by atoms with Gasteiger partial charge in [-0.05, 0) is 24.6 Å². The molecule has 1 atom stereocenters. The highest BCUT2D eigenvalue weighted by molar-refractivity contribution is 5.82. The topological polar surface area (TPSA) is 44.1 Å². The fourth-order valence-electron chi connectivity index (χ4n) is 2.48. The molecule has 1 aromatic rings. The first-order valence-corrected chi connectivity index (χ1v) is 6.57. The maximum atomic E-state index is 13.7. The van der Waals surface area contributed by atoms with E-state index in [0.717, 1.165) is 6.42 Å². The second-order valence-corrected chi connectivity index (χ2v) is 4.97. The van der Waals surface area contributed by atoms with Gasteiger partial charge in [-0.2, -0.15) is 5.26 Å². The summed E-state index contributed by atoms with van der Waals surface area (Å²) < 4.78 is 13.7. The maximum absolute atomic E-state index is 13.7. The van der Waals surface area contributed by atoms with Gasteiger partial charge in [0.2, 0.25) is 0 Å². The van der Waals surface area contributed by atoms with Crippen molar-refractivity contribution >= 4 is 5.78 Å². The van der Waals surface area contributed by atoms with E-state index in [4.69, 9.17) is 5.26 Å². The average molecular weight is 260 g/mol. The highest BCUT2D eigenvalue weighted by Gasteiger charge is 2.26. The third-order valence-electron chi connectivity index (χ3n) is 3.67. The second-order valence-electron chi connectivity index (χ2n) is 4.97. The lowest BCUT2D eigenvalue weighted by atomic mass is 9.94. The highest BCUT2D eigenvalue weighted by atomic mass is 19.1. The number of Topliss-reactive ketones (excluding diaryl/α,β-unsaturated/α-hetero) is 1. The van der Waals surface area contributed by atoms with Crippen molar-refractivity contribution in [2.45, 2.75) is 26.3 Å². The highest BCUT2D eigenvalue weighted by Crippen LogP contribution is 2.20. The Labute approximate surface area is 112 Å². The lowest BCUT2D eigenvalue weighted by molar-refractivity contribution is -0.126. The number of hydrogen-bond acceptors (Lipinski definition) is 3. The lowest BCUT2D eigenvalue weighted by Crippen LogP contribution is -2.40. The molecule has 0 bridgehead atoms. The van der Waals surface area contributed by atoms with Crippen molar-refractivity contribution in [2.24, 2.45) is 5.92 Å². The Morgan fingerprint density at radius 2 is 2.32 bits per heavy atom. The number of nitriles is 1. The molecule has 0 aromatic heterocycles. The smallest absolute Gasteiger partial charge is 0.138 e. The molecule has 0 spiro atoms. The van der Waals surface area contributed by atoms with E-state index < -0.39 is 0 Å². The normalized spacial score (nSPS) is 20.3. The minimum Gasteiger partial charge on any atom is -0.299 e. The molecule has 2 rings (SSSR count). The molecular weight excluding hydrogens is 243 g/mol. The van der Waals surface area contributed by atoms with E-state index in [1.54, 1.807) is 6.07 Å². The molecule has 0 saturated carbocycles. The lowest BCUT2D eigenvalue weighted by Gasteiger charge is -2.31. The molecule has 0 aliphatic carbocycles. The standard InChI is InChI=1S/C15H17FN2O/c1-2-12-9-18(6-5-15(12)19)10-13-7-11(8-17)3-4-14(13)16/h3-4,7,12H,2,5-6,9-10H2,1H3. The minimum atomic E-state index is -0.288. The van der Waals surface area contributed by atoms with Crippen LogP contribution >= 0.6 is 0 Å². The van der Waals surface area contributed by atoms with Gasteiger partial charge in [-0.3, -0.25) is 9.69 Å². The summed E-state index contributed by atoms with van der Waals surface area (Å²) in [5.74, 6) is 0.0879. The molecule has 1 aliphatic rings. The van der Waals surface area contributed by atoms with Crippen LogP contribution in [-0.4, -0.2) is 23.8 Å². The first-order valence-electron chi connectivity index (χ1n) is 6.57. The van der Waals surface area contributed by atoms with Gasteiger partial charge in [0.1, 0.15) is 11.6 Å². The summed E-state index contributed by atoms with van der Waals surface area (Å²) in [5.41, 5.74) is 1.000. The molecule has 100 valence electrons. The molecule has 0 N–H and O–H groups in total. The van der Waals surface area contributed by atoms with Crippen molar-refractivity contribution in [2.75, 3.05) is 13.1 Å². The predicted octanol–water partition coefficient (Wildman–Crippen LogP) is 2.50. The van der Waals surface area contributed by atoms with E-state index >= 15 is 0 Å². The van der Waals surface area contributed by atoms with E-state index in [1.807, 2.05) is 13.0 Å². The first-order chi connectivity index (χ1) is 9.13. The number of halogens is 1. The van der Waals surface area contributed by atoms with Crippen molar-refractivity contribution in [3.63, 3.8) is 0 Å². The van der Waals surface area contributed by atoms with Crippen LogP contribution in [0.2, 0.25) is 0 Å². The van der Waals surface area contributed by atoms with E-state index in [9.17, 15) is 9.18 Å². The fraction of sp³-hybridized carbons (Fsp3) is 0.467. The van der Waals surface area contributed by atoms with Gasteiger partial charge < -0.3 is 0 Å². The largest absolute Gasteiger partial charge is 0.299 e. The summed E-state index contributed by atoms with van der Waals surface area (Å²) in [6.07, 6.45) is 1.37. The van der Waals surface area contributed by atoms with Gasteiger partial charge in [-0.15, -0.1) is 0 Å². The summed E-state index contributed by atoms with van der Waals surface area (Å²) in [4.78, 5) is 13.7. The quantitative estimate of drug-likeness (QED) is 0.838. The van der Waals surface area contributed by atoms with Crippen molar-refractivity contribution in [3.05, 3.63) is 35.1 Å². The van der Waals surface area contributed by atoms with Crippen LogP contribution in [0.15, 0.2) is 18.2 Å². The Morgan fingerprint density at radius 3 is 3.00 bits per heavy atom. The predicted molar refractivity (Wildman–Crippen MR) is 69.8 cm³/mol.